The predicted molar refractivity (Wildman–Crippen MR) is 112 cm³/mol. The second-order valence-electron chi connectivity index (χ2n) is 7.53. The minimum Gasteiger partial charge on any atom is -0.335 e. The quantitative estimate of drug-likeness (QED) is 0.814. The summed E-state index contributed by atoms with van der Waals surface area (Å²) >= 11 is 1.36. The van der Waals surface area contributed by atoms with E-state index in [4.69, 9.17) is 0 Å². The van der Waals surface area contributed by atoms with Gasteiger partial charge >= 0.3 is 6.03 Å². The van der Waals surface area contributed by atoms with Crippen LogP contribution < -0.4 is 15.5 Å². The van der Waals surface area contributed by atoms with Crippen molar-refractivity contribution in [2.24, 2.45) is 0 Å². The van der Waals surface area contributed by atoms with Crippen LogP contribution in [0, 0.1) is 0 Å². The van der Waals surface area contributed by atoms with Crippen molar-refractivity contribution in [1.29, 1.82) is 0 Å². The van der Waals surface area contributed by atoms with Gasteiger partial charge in [-0.2, -0.15) is 0 Å². The molecule has 2 N–H and O–H groups in total. The van der Waals surface area contributed by atoms with E-state index in [1.807, 2.05) is 28.5 Å². The van der Waals surface area contributed by atoms with Crippen LogP contribution in [0.25, 0.3) is 0 Å². The molecule has 2 aliphatic rings. The zero-order valence-electron chi connectivity index (χ0n) is 15.9. The molecule has 148 valence electrons. The minimum absolute atomic E-state index is 0.0515. The third-order valence-corrected chi connectivity index (χ3v) is 6.26. The molecular weight excluding hydrogens is 372 g/mol. The zero-order chi connectivity index (χ0) is 19.3. The van der Waals surface area contributed by atoms with Gasteiger partial charge in [0.05, 0.1) is 12.1 Å². The van der Waals surface area contributed by atoms with Crippen LogP contribution in [0.5, 0.6) is 0 Å². The van der Waals surface area contributed by atoms with Gasteiger partial charge in [0.15, 0.2) is 5.13 Å². The highest BCUT2D eigenvalue weighted by Gasteiger charge is 2.23. The first kappa shape index (κ1) is 18.9. The van der Waals surface area contributed by atoms with E-state index in [0.717, 1.165) is 37.9 Å². The molecular formula is C21H26N4O2S. The zero-order valence-corrected chi connectivity index (χ0v) is 16.8. The van der Waals surface area contributed by atoms with Crippen LogP contribution in [0.3, 0.4) is 0 Å². The molecule has 1 aliphatic carbocycles. The van der Waals surface area contributed by atoms with Crippen LogP contribution in [-0.2, 0) is 17.6 Å². The van der Waals surface area contributed by atoms with Crippen molar-refractivity contribution in [1.82, 2.24) is 10.3 Å². The van der Waals surface area contributed by atoms with Gasteiger partial charge in [0.25, 0.3) is 0 Å². The first-order valence-electron chi connectivity index (χ1n) is 10.1. The Bertz CT molecular complexity index is 844. The summed E-state index contributed by atoms with van der Waals surface area (Å²) in [6, 6.07) is 8.14. The molecule has 4 rings (SSSR count). The molecule has 3 amide bonds. The van der Waals surface area contributed by atoms with Gasteiger partial charge in [-0.3, -0.25) is 10.1 Å². The molecule has 0 unspecified atom stereocenters. The number of hydrogen-bond acceptors (Lipinski definition) is 4. The molecule has 0 saturated heterocycles. The summed E-state index contributed by atoms with van der Waals surface area (Å²) < 4.78 is 0. The molecule has 0 radical (unpaired) electrons. The van der Waals surface area contributed by atoms with E-state index in [9.17, 15) is 9.59 Å². The van der Waals surface area contributed by atoms with E-state index in [0.29, 0.717) is 10.8 Å². The number of anilines is 2. The fourth-order valence-corrected chi connectivity index (χ4v) is 4.76. The summed E-state index contributed by atoms with van der Waals surface area (Å²) in [5.41, 5.74) is 2.94. The monoisotopic (exact) mass is 398 g/mol. The number of benzene rings is 1. The van der Waals surface area contributed by atoms with Crippen LogP contribution in [0.2, 0.25) is 0 Å². The Hall–Kier alpha value is -2.41. The Balaban J connectivity index is 1.33. The van der Waals surface area contributed by atoms with E-state index in [1.165, 1.54) is 36.2 Å². The number of carbonyl (C=O) groups is 2. The number of urea groups is 1. The van der Waals surface area contributed by atoms with Crippen molar-refractivity contribution in [2.75, 3.05) is 16.8 Å². The van der Waals surface area contributed by atoms with E-state index < -0.39 is 0 Å². The van der Waals surface area contributed by atoms with Crippen LogP contribution in [0.4, 0.5) is 15.6 Å². The molecule has 2 heterocycles. The summed E-state index contributed by atoms with van der Waals surface area (Å²) in [5, 5.41) is 8.22. The van der Waals surface area contributed by atoms with Crippen LogP contribution in [0.1, 0.15) is 49.8 Å². The third-order valence-electron chi connectivity index (χ3n) is 5.46. The van der Waals surface area contributed by atoms with Crippen molar-refractivity contribution < 1.29 is 9.59 Å². The molecule has 1 aromatic carbocycles. The molecule has 1 fully saturated rings. The largest absolute Gasteiger partial charge is 0.335 e. The minimum atomic E-state index is -0.205. The number of aryl methyl sites for hydroxylation is 1. The second-order valence-corrected chi connectivity index (χ2v) is 8.39. The lowest BCUT2D eigenvalue weighted by Crippen LogP contribution is -2.39. The number of nitrogens with zero attached hydrogens (tertiary/aromatic N) is 2. The summed E-state index contributed by atoms with van der Waals surface area (Å²) in [5.74, 6) is 0.0515. The summed E-state index contributed by atoms with van der Waals surface area (Å²) in [7, 11) is 0. The van der Waals surface area contributed by atoms with Gasteiger partial charge in [-0.25, -0.2) is 9.78 Å². The standard InChI is InChI=1S/C21H26N4O2S/c26-19(25-12-6-8-15-7-4-5-11-18(15)25)13-17-14-28-21(23-17)24-20(27)22-16-9-2-1-3-10-16/h4-5,7,11,14,16H,1-3,6,8-10,12-13H2,(H2,22,23,24,27). The smallest absolute Gasteiger partial charge is 0.321 e. The Labute approximate surface area is 169 Å². The Morgan fingerprint density at radius 1 is 1.14 bits per heavy atom. The second kappa shape index (κ2) is 8.73. The first-order chi connectivity index (χ1) is 13.7. The fraction of sp³-hybridized carbons (Fsp3) is 0.476. The van der Waals surface area contributed by atoms with Gasteiger partial charge in [-0.1, -0.05) is 37.5 Å². The number of carbonyl (C=O) groups excluding carboxylic acids is 2. The SMILES string of the molecule is O=C(Nc1nc(CC(=O)N2CCCc3ccccc32)cs1)NC1CCCCC1. The highest BCUT2D eigenvalue weighted by Crippen LogP contribution is 2.27. The number of aromatic nitrogens is 1. The molecule has 1 saturated carbocycles. The number of hydrogen-bond donors (Lipinski definition) is 2. The van der Waals surface area contributed by atoms with Crippen LogP contribution in [-0.4, -0.2) is 29.5 Å². The van der Waals surface area contributed by atoms with Gasteiger partial charge in [-0.15, -0.1) is 11.3 Å². The predicted octanol–water partition coefficient (Wildman–Crippen LogP) is 4.12. The van der Waals surface area contributed by atoms with E-state index in [2.05, 4.69) is 21.7 Å². The molecule has 0 atom stereocenters. The van der Waals surface area contributed by atoms with Crippen molar-refractivity contribution in [3.8, 4) is 0 Å². The highest BCUT2D eigenvalue weighted by atomic mass is 32.1. The lowest BCUT2D eigenvalue weighted by atomic mass is 9.96. The normalized spacial score (nSPS) is 17.1. The van der Waals surface area contributed by atoms with Crippen molar-refractivity contribution >= 4 is 34.1 Å². The van der Waals surface area contributed by atoms with Crippen LogP contribution >= 0.6 is 11.3 Å². The van der Waals surface area contributed by atoms with Crippen LogP contribution in [0.15, 0.2) is 29.6 Å². The number of fused-ring (bicyclic) bond motifs is 1. The Morgan fingerprint density at radius 3 is 2.82 bits per heavy atom. The summed E-state index contributed by atoms with van der Waals surface area (Å²) in [4.78, 5) is 31.3. The fourth-order valence-electron chi connectivity index (χ4n) is 4.05. The maximum absolute atomic E-state index is 12.8. The van der Waals surface area contributed by atoms with Gasteiger partial charge in [0.2, 0.25) is 5.91 Å². The molecule has 1 aliphatic heterocycles. The molecule has 6 nitrogen and oxygen atoms in total. The molecule has 0 bridgehead atoms. The number of rotatable bonds is 4. The third kappa shape index (κ3) is 4.52. The van der Waals surface area contributed by atoms with Crippen molar-refractivity contribution in [3.63, 3.8) is 0 Å². The van der Waals surface area contributed by atoms with Gasteiger partial charge in [0, 0.05) is 23.7 Å². The van der Waals surface area contributed by atoms with E-state index >= 15 is 0 Å². The first-order valence-corrected chi connectivity index (χ1v) is 11.0. The maximum atomic E-state index is 12.8. The van der Waals surface area contributed by atoms with Gasteiger partial charge in [-0.05, 0) is 37.3 Å². The van der Waals surface area contributed by atoms with E-state index in [1.54, 1.807) is 0 Å². The number of nitrogens with one attached hydrogen (secondary N) is 2. The number of amides is 3. The molecule has 7 heteroatoms. The lowest BCUT2D eigenvalue weighted by Gasteiger charge is -2.29. The van der Waals surface area contributed by atoms with Crippen molar-refractivity contribution in [2.45, 2.75) is 57.4 Å². The number of thiazole rings is 1. The molecule has 2 aromatic rings. The molecule has 0 spiro atoms. The molecule has 1 aromatic heterocycles. The Kier molecular flexibility index (Phi) is 5.90. The summed E-state index contributed by atoms with van der Waals surface area (Å²) in [6.45, 7) is 0.745. The topological polar surface area (TPSA) is 74.3 Å². The van der Waals surface area contributed by atoms with Gasteiger partial charge < -0.3 is 10.2 Å². The summed E-state index contributed by atoms with van der Waals surface area (Å²) in [6.07, 6.45) is 7.93. The number of para-hydroxylation sites is 1. The average molecular weight is 399 g/mol. The lowest BCUT2D eigenvalue weighted by molar-refractivity contribution is -0.118. The van der Waals surface area contributed by atoms with Crippen molar-refractivity contribution in [3.05, 3.63) is 40.9 Å². The van der Waals surface area contributed by atoms with Gasteiger partial charge in [0.1, 0.15) is 0 Å². The van der Waals surface area contributed by atoms with E-state index in [-0.39, 0.29) is 24.4 Å². The highest BCUT2D eigenvalue weighted by molar-refractivity contribution is 7.13. The maximum Gasteiger partial charge on any atom is 0.321 e. The average Bonchev–Trinajstić information content (AvgIpc) is 3.14. The Morgan fingerprint density at radius 2 is 1.96 bits per heavy atom. The molecule has 28 heavy (non-hydrogen) atoms.